The summed E-state index contributed by atoms with van der Waals surface area (Å²) in [6, 6.07) is 6.32. The smallest absolute Gasteiger partial charge is 0.171 e. The minimum absolute atomic E-state index is 0.560. The van der Waals surface area contributed by atoms with Crippen molar-refractivity contribution in [1.82, 2.24) is 5.32 Å². The average molecular weight is 360 g/mol. The molecule has 2 nitrogen and oxygen atoms in total. The summed E-state index contributed by atoms with van der Waals surface area (Å²) in [4.78, 5) is 0. The van der Waals surface area contributed by atoms with Crippen molar-refractivity contribution in [2.45, 2.75) is 31.7 Å². The zero-order valence-corrected chi connectivity index (χ0v) is 13.6. The predicted octanol–water partition coefficient (Wildman–Crippen LogP) is 4.58. The van der Waals surface area contributed by atoms with Crippen molar-refractivity contribution in [2.24, 2.45) is 11.8 Å². The van der Waals surface area contributed by atoms with Gasteiger partial charge in [-0.05, 0) is 77.4 Å². The first-order valence-electron chi connectivity index (χ1n) is 6.64. The highest BCUT2D eigenvalue weighted by Gasteiger charge is 2.39. The third-order valence-electron chi connectivity index (χ3n) is 4.23. The molecule has 2 fully saturated rings. The van der Waals surface area contributed by atoms with Crippen molar-refractivity contribution in [3.05, 3.63) is 27.7 Å². The molecule has 0 saturated heterocycles. The first-order chi connectivity index (χ1) is 9.11. The first-order valence-corrected chi connectivity index (χ1v) is 8.22. The van der Waals surface area contributed by atoms with Crippen molar-refractivity contribution < 1.29 is 0 Å². The van der Waals surface area contributed by atoms with Gasteiger partial charge in [-0.15, -0.1) is 0 Å². The molecule has 2 N–H and O–H groups in total. The highest BCUT2D eigenvalue weighted by molar-refractivity contribution is 9.10. The Morgan fingerprint density at radius 2 is 2.16 bits per heavy atom. The Morgan fingerprint density at radius 3 is 2.79 bits per heavy atom. The second-order valence-corrected chi connectivity index (χ2v) is 7.18. The summed E-state index contributed by atoms with van der Waals surface area (Å²) < 4.78 is 0.895. The highest BCUT2D eigenvalue weighted by Crippen LogP contribution is 2.44. The van der Waals surface area contributed by atoms with Gasteiger partial charge in [0.25, 0.3) is 0 Å². The minimum atomic E-state index is 0.560. The van der Waals surface area contributed by atoms with E-state index < -0.39 is 0 Å². The second-order valence-electron chi connectivity index (χ2n) is 5.51. The largest absolute Gasteiger partial charge is 0.359 e. The SMILES string of the molecule is S=C(Nc1ccc(Br)c(Cl)c1)N[C@@H]1C[C@@H]2CC[C@@H]1C2. The van der Waals surface area contributed by atoms with Gasteiger partial charge in [0.15, 0.2) is 5.11 Å². The van der Waals surface area contributed by atoms with Gasteiger partial charge in [0.05, 0.1) is 5.02 Å². The Morgan fingerprint density at radius 1 is 1.32 bits per heavy atom. The first kappa shape index (κ1) is 13.7. The standard InChI is InChI=1S/C14H16BrClN2S/c15-11-4-3-10(7-12(11)16)17-14(19)18-13-6-8-1-2-9(13)5-8/h3-4,7-9,13H,1-2,5-6H2,(H2,17,18,19)/t8-,9-,13-/m1/s1. The summed E-state index contributed by atoms with van der Waals surface area (Å²) >= 11 is 14.8. The van der Waals surface area contributed by atoms with Crippen molar-refractivity contribution in [3.63, 3.8) is 0 Å². The Hall–Kier alpha value is -0.320. The van der Waals surface area contributed by atoms with Crippen LogP contribution in [0.4, 0.5) is 5.69 Å². The number of rotatable bonds is 2. The number of nitrogens with one attached hydrogen (secondary N) is 2. The van der Waals surface area contributed by atoms with Gasteiger partial charge in [0, 0.05) is 16.2 Å². The molecule has 2 aliphatic carbocycles. The van der Waals surface area contributed by atoms with Crippen LogP contribution in [-0.4, -0.2) is 11.2 Å². The van der Waals surface area contributed by atoms with Gasteiger partial charge >= 0.3 is 0 Å². The van der Waals surface area contributed by atoms with Gasteiger partial charge in [-0.3, -0.25) is 0 Å². The molecule has 3 rings (SSSR count). The van der Waals surface area contributed by atoms with Crippen LogP contribution >= 0.6 is 39.7 Å². The molecule has 2 saturated carbocycles. The molecule has 2 bridgehead atoms. The summed E-state index contributed by atoms with van der Waals surface area (Å²) in [6.07, 6.45) is 5.42. The zero-order valence-electron chi connectivity index (χ0n) is 10.5. The fraction of sp³-hybridized carbons (Fsp3) is 0.500. The molecule has 1 aromatic carbocycles. The number of anilines is 1. The van der Waals surface area contributed by atoms with Gasteiger partial charge in [-0.2, -0.15) is 0 Å². The number of hydrogen-bond donors (Lipinski definition) is 2. The zero-order chi connectivity index (χ0) is 13.4. The molecule has 0 unspecified atom stereocenters. The van der Waals surface area contributed by atoms with E-state index in [1.165, 1.54) is 25.7 Å². The van der Waals surface area contributed by atoms with Crippen LogP contribution in [0.3, 0.4) is 0 Å². The molecule has 0 aromatic heterocycles. The lowest BCUT2D eigenvalue weighted by Gasteiger charge is -2.24. The number of fused-ring (bicyclic) bond motifs is 2. The van der Waals surface area contributed by atoms with Crippen molar-refractivity contribution in [3.8, 4) is 0 Å². The summed E-state index contributed by atoms with van der Waals surface area (Å²) in [5.41, 5.74) is 0.925. The maximum atomic E-state index is 6.07. The monoisotopic (exact) mass is 358 g/mol. The normalized spacial score (nSPS) is 28.4. The van der Waals surface area contributed by atoms with E-state index in [1.54, 1.807) is 0 Å². The van der Waals surface area contributed by atoms with Crippen LogP contribution in [0, 0.1) is 11.8 Å². The summed E-state index contributed by atoms with van der Waals surface area (Å²) in [7, 11) is 0. The molecule has 2 aliphatic rings. The molecule has 0 amide bonds. The Labute approximate surface area is 132 Å². The molecule has 3 atom stereocenters. The molecule has 1 aromatic rings. The summed E-state index contributed by atoms with van der Waals surface area (Å²) in [5.74, 6) is 1.74. The van der Waals surface area contributed by atoms with Gasteiger partial charge < -0.3 is 10.6 Å². The number of benzene rings is 1. The lowest BCUT2D eigenvalue weighted by molar-refractivity contribution is 0.392. The number of halogens is 2. The van der Waals surface area contributed by atoms with E-state index in [-0.39, 0.29) is 0 Å². The summed E-state index contributed by atoms with van der Waals surface area (Å²) in [5, 5.41) is 8.06. The molecule has 0 radical (unpaired) electrons. The van der Waals surface area contributed by atoms with E-state index in [1.807, 2.05) is 18.2 Å². The van der Waals surface area contributed by atoms with Crippen LogP contribution in [-0.2, 0) is 0 Å². The maximum Gasteiger partial charge on any atom is 0.171 e. The van der Waals surface area contributed by atoms with E-state index in [0.29, 0.717) is 16.2 Å². The number of thiocarbonyl (C=S) groups is 1. The Bertz CT molecular complexity index is 508. The van der Waals surface area contributed by atoms with Gasteiger partial charge in [-0.1, -0.05) is 18.0 Å². The van der Waals surface area contributed by atoms with Crippen LogP contribution in [0.15, 0.2) is 22.7 Å². The molecule has 0 spiro atoms. The highest BCUT2D eigenvalue weighted by atomic mass is 79.9. The van der Waals surface area contributed by atoms with E-state index in [2.05, 4.69) is 26.6 Å². The van der Waals surface area contributed by atoms with Gasteiger partial charge in [-0.25, -0.2) is 0 Å². The van der Waals surface area contributed by atoms with Crippen LogP contribution in [0.2, 0.25) is 5.02 Å². The van der Waals surface area contributed by atoms with Crippen molar-refractivity contribution in [2.75, 3.05) is 5.32 Å². The molecule has 102 valence electrons. The van der Waals surface area contributed by atoms with Crippen LogP contribution in [0.25, 0.3) is 0 Å². The van der Waals surface area contributed by atoms with Crippen LogP contribution < -0.4 is 10.6 Å². The van der Waals surface area contributed by atoms with Crippen molar-refractivity contribution in [1.29, 1.82) is 0 Å². The Kier molecular flexibility index (Phi) is 4.01. The third-order valence-corrected chi connectivity index (χ3v) is 5.68. The average Bonchev–Trinajstić information content (AvgIpc) is 2.96. The van der Waals surface area contributed by atoms with E-state index in [4.69, 9.17) is 23.8 Å². The van der Waals surface area contributed by atoms with E-state index in [9.17, 15) is 0 Å². The Balaban J connectivity index is 1.57. The predicted molar refractivity (Wildman–Crippen MR) is 87.7 cm³/mol. The van der Waals surface area contributed by atoms with Crippen LogP contribution in [0.5, 0.6) is 0 Å². The molecule has 0 heterocycles. The lowest BCUT2D eigenvalue weighted by Crippen LogP contribution is -2.40. The molecular formula is C14H16BrClN2S. The molecule has 19 heavy (non-hydrogen) atoms. The van der Waals surface area contributed by atoms with Gasteiger partial charge in [0.1, 0.15) is 0 Å². The fourth-order valence-electron chi connectivity index (χ4n) is 3.33. The van der Waals surface area contributed by atoms with Crippen LogP contribution in [0.1, 0.15) is 25.7 Å². The third kappa shape index (κ3) is 3.06. The van der Waals surface area contributed by atoms with E-state index in [0.717, 1.165) is 22.0 Å². The fourth-order valence-corrected chi connectivity index (χ4v) is 4.03. The minimum Gasteiger partial charge on any atom is -0.359 e. The lowest BCUT2D eigenvalue weighted by atomic mass is 9.96. The molecule has 0 aliphatic heterocycles. The topological polar surface area (TPSA) is 24.1 Å². The van der Waals surface area contributed by atoms with Gasteiger partial charge in [0.2, 0.25) is 0 Å². The second kappa shape index (κ2) is 5.58. The molecule has 5 heteroatoms. The molecular weight excluding hydrogens is 344 g/mol. The summed E-state index contributed by atoms with van der Waals surface area (Å²) in [6.45, 7) is 0. The maximum absolute atomic E-state index is 6.07. The van der Waals surface area contributed by atoms with E-state index >= 15 is 0 Å². The quantitative estimate of drug-likeness (QED) is 0.756. The van der Waals surface area contributed by atoms with Crippen molar-refractivity contribution >= 4 is 50.5 Å². The number of hydrogen-bond acceptors (Lipinski definition) is 1.